The Morgan fingerprint density at radius 2 is 2.17 bits per heavy atom. The number of anilines is 1. The number of nitrogens with one attached hydrogen (secondary N) is 2. The fourth-order valence-corrected chi connectivity index (χ4v) is 2.43. The molecule has 0 saturated heterocycles. The normalized spacial score (nSPS) is 16.3. The Bertz CT molecular complexity index is 400. The molecule has 0 bridgehead atoms. The molecule has 0 spiro atoms. The molecule has 1 aliphatic carbocycles. The summed E-state index contributed by atoms with van der Waals surface area (Å²) >= 11 is 0. The van der Waals surface area contributed by atoms with Crippen molar-refractivity contribution in [3.63, 3.8) is 0 Å². The molecular weight excluding hydrogens is 226 g/mol. The third-order valence-corrected chi connectivity index (χ3v) is 3.37. The number of nitrogens with zero attached hydrogens (tertiary/aromatic N) is 1. The molecule has 1 aromatic rings. The van der Waals surface area contributed by atoms with Crippen LogP contribution in [0.5, 0.6) is 0 Å². The Morgan fingerprint density at radius 1 is 1.39 bits per heavy atom. The summed E-state index contributed by atoms with van der Waals surface area (Å²) in [4.78, 5) is 16.3. The van der Waals surface area contributed by atoms with Crippen LogP contribution in [0.2, 0.25) is 0 Å². The molecule has 1 heterocycles. The van der Waals surface area contributed by atoms with Gasteiger partial charge in [-0.1, -0.05) is 19.3 Å². The van der Waals surface area contributed by atoms with Crippen LogP contribution in [0.25, 0.3) is 0 Å². The van der Waals surface area contributed by atoms with Crippen LogP contribution < -0.4 is 10.6 Å². The smallest absolute Gasteiger partial charge is 0.253 e. The minimum absolute atomic E-state index is 0.0141. The van der Waals surface area contributed by atoms with Gasteiger partial charge in [0.15, 0.2) is 0 Å². The van der Waals surface area contributed by atoms with Crippen LogP contribution in [0.3, 0.4) is 0 Å². The largest absolute Gasteiger partial charge is 0.383 e. The fraction of sp³-hybridized carbons (Fsp3) is 0.571. The fourth-order valence-electron chi connectivity index (χ4n) is 2.43. The van der Waals surface area contributed by atoms with Gasteiger partial charge in [-0.3, -0.25) is 9.78 Å². The second kappa shape index (κ2) is 6.38. The van der Waals surface area contributed by atoms with E-state index in [2.05, 4.69) is 15.6 Å². The predicted octanol–water partition coefficient (Wildman–Crippen LogP) is 2.58. The highest BCUT2D eigenvalue weighted by atomic mass is 16.1. The van der Waals surface area contributed by atoms with Crippen molar-refractivity contribution in [2.24, 2.45) is 0 Å². The summed E-state index contributed by atoms with van der Waals surface area (Å²) in [5, 5.41) is 6.30. The Morgan fingerprint density at radius 3 is 2.89 bits per heavy atom. The average Bonchev–Trinajstić information content (AvgIpc) is 2.41. The Balaban J connectivity index is 2.03. The Labute approximate surface area is 108 Å². The van der Waals surface area contributed by atoms with E-state index >= 15 is 0 Å². The van der Waals surface area contributed by atoms with Crippen LogP contribution in [0.4, 0.5) is 5.69 Å². The van der Waals surface area contributed by atoms with Crippen LogP contribution in [0, 0.1) is 0 Å². The summed E-state index contributed by atoms with van der Waals surface area (Å²) < 4.78 is 0. The summed E-state index contributed by atoms with van der Waals surface area (Å²) in [6.07, 6.45) is 9.32. The van der Waals surface area contributed by atoms with Crippen LogP contribution in [0.1, 0.15) is 49.4 Å². The lowest BCUT2D eigenvalue weighted by atomic mass is 9.95. The van der Waals surface area contributed by atoms with Crippen molar-refractivity contribution < 1.29 is 4.79 Å². The third kappa shape index (κ3) is 3.22. The van der Waals surface area contributed by atoms with Gasteiger partial charge in [0, 0.05) is 18.8 Å². The standard InChI is InChI=1S/C14H21N3O/c1-2-16-13-10-15-9-8-12(13)14(18)17-11-6-4-3-5-7-11/h8-11,16H,2-7H2,1H3,(H,17,18). The van der Waals surface area contributed by atoms with Gasteiger partial charge in [0.05, 0.1) is 17.4 Å². The van der Waals surface area contributed by atoms with E-state index in [0.29, 0.717) is 11.6 Å². The van der Waals surface area contributed by atoms with E-state index in [1.165, 1.54) is 19.3 Å². The summed E-state index contributed by atoms with van der Waals surface area (Å²) in [6, 6.07) is 2.12. The first kappa shape index (κ1) is 12.9. The molecule has 1 amide bonds. The van der Waals surface area contributed by atoms with Gasteiger partial charge in [-0.15, -0.1) is 0 Å². The lowest BCUT2D eigenvalue weighted by Gasteiger charge is -2.23. The van der Waals surface area contributed by atoms with Gasteiger partial charge in [0.25, 0.3) is 5.91 Å². The molecule has 0 aromatic carbocycles. The monoisotopic (exact) mass is 247 g/mol. The minimum Gasteiger partial charge on any atom is -0.383 e. The predicted molar refractivity (Wildman–Crippen MR) is 72.7 cm³/mol. The number of hydrogen-bond acceptors (Lipinski definition) is 3. The van der Waals surface area contributed by atoms with Crippen molar-refractivity contribution >= 4 is 11.6 Å². The molecule has 1 saturated carbocycles. The Hall–Kier alpha value is -1.58. The molecule has 1 aromatic heterocycles. The quantitative estimate of drug-likeness (QED) is 0.859. The maximum atomic E-state index is 12.2. The second-order valence-corrected chi connectivity index (χ2v) is 4.76. The van der Waals surface area contributed by atoms with Crippen LogP contribution in [0.15, 0.2) is 18.5 Å². The summed E-state index contributed by atoms with van der Waals surface area (Å²) in [5.41, 5.74) is 1.51. The first-order valence-corrected chi connectivity index (χ1v) is 6.80. The third-order valence-electron chi connectivity index (χ3n) is 3.37. The summed E-state index contributed by atoms with van der Waals surface area (Å²) in [6.45, 7) is 2.80. The zero-order valence-electron chi connectivity index (χ0n) is 10.9. The second-order valence-electron chi connectivity index (χ2n) is 4.76. The molecule has 0 radical (unpaired) electrons. The summed E-state index contributed by atoms with van der Waals surface area (Å²) in [7, 11) is 0. The van der Waals surface area contributed by atoms with E-state index in [9.17, 15) is 4.79 Å². The average molecular weight is 247 g/mol. The number of aromatic nitrogens is 1. The van der Waals surface area contributed by atoms with Crippen LogP contribution >= 0.6 is 0 Å². The van der Waals surface area contributed by atoms with Crippen LogP contribution in [-0.4, -0.2) is 23.5 Å². The van der Waals surface area contributed by atoms with Crippen molar-refractivity contribution in [3.8, 4) is 0 Å². The molecule has 2 N–H and O–H groups in total. The SMILES string of the molecule is CCNc1cnccc1C(=O)NC1CCCCC1. The molecule has 98 valence electrons. The van der Waals surface area contributed by atoms with Gasteiger partial charge in [-0.05, 0) is 25.8 Å². The molecule has 4 nitrogen and oxygen atoms in total. The van der Waals surface area contributed by atoms with E-state index in [-0.39, 0.29) is 5.91 Å². The highest BCUT2D eigenvalue weighted by Gasteiger charge is 2.18. The minimum atomic E-state index is 0.0141. The van der Waals surface area contributed by atoms with Gasteiger partial charge >= 0.3 is 0 Å². The van der Waals surface area contributed by atoms with E-state index in [4.69, 9.17) is 0 Å². The van der Waals surface area contributed by atoms with E-state index in [0.717, 1.165) is 25.1 Å². The number of carbonyl (C=O) groups excluding carboxylic acids is 1. The molecule has 4 heteroatoms. The van der Waals surface area contributed by atoms with Crippen molar-refractivity contribution in [1.82, 2.24) is 10.3 Å². The van der Waals surface area contributed by atoms with E-state index < -0.39 is 0 Å². The Kier molecular flexibility index (Phi) is 4.56. The number of hydrogen-bond donors (Lipinski definition) is 2. The van der Waals surface area contributed by atoms with Crippen LogP contribution in [-0.2, 0) is 0 Å². The molecule has 0 aliphatic heterocycles. The molecule has 1 fully saturated rings. The first-order valence-electron chi connectivity index (χ1n) is 6.80. The van der Waals surface area contributed by atoms with Gasteiger partial charge in [0.1, 0.15) is 0 Å². The molecule has 2 rings (SSSR count). The number of amides is 1. The van der Waals surface area contributed by atoms with Gasteiger partial charge in [0.2, 0.25) is 0 Å². The highest BCUT2D eigenvalue weighted by Crippen LogP contribution is 2.19. The van der Waals surface area contributed by atoms with Crippen molar-refractivity contribution in [2.75, 3.05) is 11.9 Å². The van der Waals surface area contributed by atoms with Crippen molar-refractivity contribution in [3.05, 3.63) is 24.0 Å². The molecule has 0 unspecified atom stereocenters. The van der Waals surface area contributed by atoms with Gasteiger partial charge < -0.3 is 10.6 Å². The lowest BCUT2D eigenvalue weighted by Crippen LogP contribution is -2.36. The zero-order valence-corrected chi connectivity index (χ0v) is 10.9. The maximum Gasteiger partial charge on any atom is 0.253 e. The van der Waals surface area contributed by atoms with Crippen molar-refractivity contribution in [2.45, 2.75) is 45.1 Å². The zero-order chi connectivity index (χ0) is 12.8. The van der Waals surface area contributed by atoms with Gasteiger partial charge in [-0.2, -0.15) is 0 Å². The number of carbonyl (C=O) groups is 1. The molecule has 0 atom stereocenters. The topological polar surface area (TPSA) is 54.0 Å². The maximum absolute atomic E-state index is 12.2. The van der Waals surface area contributed by atoms with E-state index in [1.807, 2.05) is 6.92 Å². The molecule has 1 aliphatic rings. The lowest BCUT2D eigenvalue weighted by molar-refractivity contribution is 0.0928. The molecular formula is C14H21N3O. The van der Waals surface area contributed by atoms with Gasteiger partial charge in [-0.25, -0.2) is 0 Å². The highest BCUT2D eigenvalue weighted by molar-refractivity contribution is 5.99. The summed E-state index contributed by atoms with van der Waals surface area (Å²) in [5.74, 6) is 0.0141. The number of rotatable bonds is 4. The van der Waals surface area contributed by atoms with Crippen molar-refractivity contribution in [1.29, 1.82) is 0 Å². The van der Waals surface area contributed by atoms with E-state index in [1.54, 1.807) is 18.5 Å². The molecule has 18 heavy (non-hydrogen) atoms. The number of pyridine rings is 1. The first-order chi connectivity index (χ1) is 8.81.